The molecule has 0 aliphatic heterocycles. The minimum absolute atomic E-state index is 0.314. The number of hydrogen-bond donors (Lipinski definition) is 0. The standard InChI is InChI=1S/C11H24Br2OSi/c1-9(7-10(12)13)8-14-15(5,6)11(2,3)4/h9-10H,7-8H2,1-6H3/t9-/m1/s1. The van der Waals surface area contributed by atoms with Gasteiger partial charge in [-0.05, 0) is 30.5 Å². The predicted molar refractivity (Wildman–Crippen MR) is 78.6 cm³/mol. The average Bonchev–Trinajstić information content (AvgIpc) is 1.97. The summed E-state index contributed by atoms with van der Waals surface area (Å²) in [6.07, 6.45) is 1.11. The molecule has 0 spiro atoms. The van der Waals surface area contributed by atoms with E-state index < -0.39 is 8.32 Å². The van der Waals surface area contributed by atoms with Gasteiger partial charge >= 0.3 is 0 Å². The van der Waals surface area contributed by atoms with E-state index in [2.05, 4.69) is 72.6 Å². The van der Waals surface area contributed by atoms with Crippen LogP contribution in [0.3, 0.4) is 0 Å². The first-order chi connectivity index (χ1) is 6.56. The molecule has 0 rings (SSSR count). The second-order valence-electron chi connectivity index (χ2n) is 5.80. The summed E-state index contributed by atoms with van der Waals surface area (Å²) in [7, 11) is -1.55. The largest absolute Gasteiger partial charge is 0.417 e. The Kier molecular flexibility index (Phi) is 6.64. The number of alkyl halides is 2. The molecule has 0 saturated carbocycles. The summed E-state index contributed by atoms with van der Waals surface area (Å²) in [5.74, 6) is 0.600. The van der Waals surface area contributed by atoms with E-state index in [-0.39, 0.29) is 0 Å². The van der Waals surface area contributed by atoms with Crippen LogP contribution in [-0.4, -0.2) is 18.7 Å². The molecule has 0 radical (unpaired) electrons. The van der Waals surface area contributed by atoms with Crippen LogP contribution in [0.15, 0.2) is 0 Å². The summed E-state index contributed by atoms with van der Waals surface area (Å²) >= 11 is 7.01. The van der Waals surface area contributed by atoms with E-state index in [4.69, 9.17) is 4.43 Å². The highest BCUT2D eigenvalue weighted by Gasteiger charge is 2.37. The smallest absolute Gasteiger partial charge is 0.191 e. The maximum atomic E-state index is 6.15. The van der Waals surface area contributed by atoms with E-state index in [1.165, 1.54) is 0 Å². The van der Waals surface area contributed by atoms with E-state index in [1.807, 2.05) is 0 Å². The van der Waals surface area contributed by atoms with E-state index >= 15 is 0 Å². The Balaban J connectivity index is 4.04. The van der Waals surface area contributed by atoms with Gasteiger partial charge in [-0.3, -0.25) is 0 Å². The molecule has 0 fully saturated rings. The molecule has 0 aromatic rings. The van der Waals surface area contributed by atoms with Crippen LogP contribution in [0.4, 0.5) is 0 Å². The molecule has 0 aromatic heterocycles. The molecule has 1 nitrogen and oxygen atoms in total. The molecular weight excluding hydrogens is 336 g/mol. The maximum Gasteiger partial charge on any atom is 0.191 e. The van der Waals surface area contributed by atoms with Crippen LogP contribution in [0.25, 0.3) is 0 Å². The summed E-state index contributed by atoms with van der Waals surface area (Å²) in [4.78, 5) is 0. The summed E-state index contributed by atoms with van der Waals surface area (Å²) in [6.45, 7) is 14.6. The molecule has 0 heterocycles. The number of rotatable bonds is 5. The number of halogens is 2. The quantitative estimate of drug-likeness (QED) is 0.487. The van der Waals surface area contributed by atoms with Crippen molar-refractivity contribution in [2.24, 2.45) is 5.92 Å². The van der Waals surface area contributed by atoms with Crippen molar-refractivity contribution >= 4 is 40.2 Å². The molecule has 0 saturated heterocycles. The van der Waals surface area contributed by atoms with Crippen LogP contribution in [0.2, 0.25) is 18.1 Å². The van der Waals surface area contributed by atoms with Gasteiger partial charge in [0.2, 0.25) is 0 Å². The lowest BCUT2D eigenvalue weighted by atomic mass is 10.1. The molecule has 0 N–H and O–H groups in total. The van der Waals surface area contributed by atoms with Gasteiger partial charge in [0.1, 0.15) is 0 Å². The fraction of sp³-hybridized carbons (Fsp3) is 1.00. The fourth-order valence-electron chi connectivity index (χ4n) is 0.939. The first-order valence-corrected chi connectivity index (χ1v) is 10.2. The van der Waals surface area contributed by atoms with Crippen LogP contribution in [0.5, 0.6) is 0 Å². The van der Waals surface area contributed by atoms with Crippen molar-refractivity contribution in [3.8, 4) is 0 Å². The molecule has 92 valence electrons. The van der Waals surface area contributed by atoms with Crippen molar-refractivity contribution in [2.75, 3.05) is 6.61 Å². The Bertz CT molecular complexity index is 188. The van der Waals surface area contributed by atoms with E-state index in [1.54, 1.807) is 0 Å². The minimum atomic E-state index is -1.55. The van der Waals surface area contributed by atoms with Crippen molar-refractivity contribution in [1.82, 2.24) is 0 Å². The number of hydrogen-bond acceptors (Lipinski definition) is 1. The summed E-state index contributed by atoms with van der Waals surface area (Å²) < 4.78 is 6.56. The summed E-state index contributed by atoms with van der Waals surface area (Å²) in [5.41, 5.74) is 0. The molecule has 0 bridgehead atoms. The zero-order valence-corrected chi connectivity index (χ0v) is 14.9. The van der Waals surface area contributed by atoms with Crippen LogP contribution in [0, 0.1) is 5.92 Å². The van der Waals surface area contributed by atoms with Crippen LogP contribution in [-0.2, 0) is 4.43 Å². The maximum absolute atomic E-state index is 6.15. The second kappa shape index (κ2) is 6.17. The lowest BCUT2D eigenvalue weighted by molar-refractivity contribution is 0.234. The highest BCUT2D eigenvalue weighted by molar-refractivity contribution is 9.24. The summed E-state index contributed by atoms with van der Waals surface area (Å²) in [5, 5.41) is 0.314. The fourth-order valence-corrected chi connectivity index (χ4v) is 3.35. The van der Waals surface area contributed by atoms with Crippen molar-refractivity contribution in [3.05, 3.63) is 0 Å². The zero-order chi connectivity index (χ0) is 12.3. The predicted octanol–water partition coefficient (Wildman–Crippen LogP) is 5.15. The molecule has 15 heavy (non-hydrogen) atoms. The molecule has 1 atom stereocenters. The van der Waals surface area contributed by atoms with Gasteiger partial charge in [-0.25, -0.2) is 0 Å². The van der Waals surface area contributed by atoms with Crippen molar-refractivity contribution in [3.63, 3.8) is 0 Å². The molecule has 0 amide bonds. The molecule has 0 unspecified atom stereocenters. The molecular formula is C11H24Br2OSi. The third-order valence-electron chi connectivity index (χ3n) is 3.12. The van der Waals surface area contributed by atoms with Gasteiger partial charge in [-0.15, -0.1) is 0 Å². The van der Waals surface area contributed by atoms with Crippen LogP contribution in [0.1, 0.15) is 34.1 Å². The van der Waals surface area contributed by atoms with Gasteiger partial charge in [-0.2, -0.15) is 0 Å². The third kappa shape index (κ3) is 6.44. The Morgan fingerprint density at radius 1 is 1.20 bits per heavy atom. The van der Waals surface area contributed by atoms with Gasteiger partial charge in [-0.1, -0.05) is 59.6 Å². The topological polar surface area (TPSA) is 9.23 Å². The van der Waals surface area contributed by atoms with Crippen LogP contribution < -0.4 is 0 Å². The Morgan fingerprint density at radius 2 is 1.67 bits per heavy atom. The van der Waals surface area contributed by atoms with Gasteiger partial charge in [0.15, 0.2) is 8.32 Å². The van der Waals surface area contributed by atoms with E-state index in [0.29, 0.717) is 14.7 Å². The molecule has 0 aliphatic rings. The van der Waals surface area contributed by atoms with Gasteiger partial charge in [0.25, 0.3) is 0 Å². The normalized spacial score (nSPS) is 15.8. The van der Waals surface area contributed by atoms with Crippen molar-refractivity contribution < 1.29 is 4.43 Å². The average molecular weight is 360 g/mol. The van der Waals surface area contributed by atoms with E-state index in [9.17, 15) is 0 Å². The first-order valence-electron chi connectivity index (χ1n) is 5.48. The highest BCUT2D eigenvalue weighted by Crippen LogP contribution is 2.37. The summed E-state index contributed by atoms with van der Waals surface area (Å²) in [6, 6.07) is 0. The van der Waals surface area contributed by atoms with Crippen molar-refractivity contribution in [1.29, 1.82) is 0 Å². The Labute approximate surface area is 113 Å². The highest BCUT2D eigenvalue weighted by atomic mass is 79.9. The first kappa shape index (κ1) is 16.1. The lowest BCUT2D eigenvalue weighted by Gasteiger charge is -2.37. The molecule has 4 heteroatoms. The lowest BCUT2D eigenvalue weighted by Crippen LogP contribution is -2.41. The van der Waals surface area contributed by atoms with Crippen LogP contribution >= 0.6 is 31.9 Å². The van der Waals surface area contributed by atoms with Gasteiger partial charge in [0.05, 0.1) is 3.74 Å². The monoisotopic (exact) mass is 358 g/mol. The minimum Gasteiger partial charge on any atom is -0.417 e. The Hall–Kier alpha value is 1.14. The Morgan fingerprint density at radius 3 is 2.00 bits per heavy atom. The second-order valence-corrected chi connectivity index (χ2v) is 14.1. The van der Waals surface area contributed by atoms with Crippen molar-refractivity contribution in [2.45, 2.75) is 56.0 Å². The molecule has 0 aromatic carbocycles. The SMILES string of the molecule is C[C@@H](CO[Si](C)(C)C(C)(C)C)CC(Br)Br. The third-order valence-corrected chi connectivity index (χ3v) is 8.36. The zero-order valence-electron chi connectivity index (χ0n) is 10.7. The van der Waals surface area contributed by atoms with Gasteiger partial charge < -0.3 is 4.43 Å². The van der Waals surface area contributed by atoms with E-state index in [0.717, 1.165) is 13.0 Å². The molecule has 0 aliphatic carbocycles. The van der Waals surface area contributed by atoms with Gasteiger partial charge in [0, 0.05) is 6.61 Å².